The SMILES string of the molecule is CCC1CSc2nncn2N1. The van der Waals surface area contributed by atoms with E-state index in [0.29, 0.717) is 6.04 Å². The molecule has 0 bridgehead atoms. The Kier molecular flexibility index (Phi) is 1.73. The smallest absolute Gasteiger partial charge is 0.209 e. The minimum absolute atomic E-state index is 0.559. The molecule has 0 aliphatic carbocycles. The van der Waals surface area contributed by atoms with Crippen LogP contribution in [0.1, 0.15) is 13.3 Å². The molecular formula is C6H10N4S. The minimum atomic E-state index is 0.559. The van der Waals surface area contributed by atoms with Gasteiger partial charge in [-0.15, -0.1) is 10.2 Å². The number of aromatic nitrogens is 3. The molecule has 0 fully saturated rings. The summed E-state index contributed by atoms with van der Waals surface area (Å²) in [5.74, 6) is 1.09. The van der Waals surface area contributed by atoms with Crippen LogP contribution in [0.2, 0.25) is 0 Å². The molecule has 2 rings (SSSR count). The summed E-state index contributed by atoms with van der Waals surface area (Å²) in [6.45, 7) is 2.17. The second-order valence-corrected chi connectivity index (χ2v) is 3.52. The van der Waals surface area contributed by atoms with Crippen LogP contribution in [0.4, 0.5) is 0 Å². The molecular weight excluding hydrogens is 160 g/mol. The second-order valence-electron chi connectivity index (χ2n) is 2.53. The van der Waals surface area contributed by atoms with Crippen molar-refractivity contribution < 1.29 is 0 Å². The zero-order valence-electron chi connectivity index (χ0n) is 6.32. The van der Waals surface area contributed by atoms with Gasteiger partial charge in [-0.25, -0.2) is 4.68 Å². The van der Waals surface area contributed by atoms with Crippen molar-refractivity contribution in [1.29, 1.82) is 0 Å². The van der Waals surface area contributed by atoms with E-state index in [2.05, 4.69) is 22.5 Å². The number of hydrogen-bond acceptors (Lipinski definition) is 4. The third-order valence-corrected chi connectivity index (χ3v) is 2.85. The van der Waals surface area contributed by atoms with Crippen LogP contribution >= 0.6 is 11.8 Å². The summed E-state index contributed by atoms with van der Waals surface area (Å²) in [6, 6.07) is 0.559. The van der Waals surface area contributed by atoms with Crippen LogP contribution in [0.15, 0.2) is 11.5 Å². The lowest BCUT2D eigenvalue weighted by Crippen LogP contribution is -2.33. The monoisotopic (exact) mass is 170 g/mol. The van der Waals surface area contributed by atoms with E-state index in [-0.39, 0.29) is 0 Å². The summed E-state index contributed by atoms with van der Waals surface area (Å²) in [5.41, 5.74) is 3.30. The quantitative estimate of drug-likeness (QED) is 0.674. The van der Waals surface area contributed by atoms with Crippen molar-refractivity contribution in [2.24, 2.45) is 0 Å². The largest absolute Gasteiger partial charge is 0.319 e. The van der Waals surface area contributed by atoms with E-state index in [0.717, 1.165) is 17.3 Å². The summed E-state index contributed by atoms with van der Waals surface area (Å²) < 4.78 is 1.89. The molecule has 1 N–H and O–H groups in total. The van der Waals surface area contributed by atoms with Crippen molar-refractivity contribution in [3.63, 3.8) is 0 Å². The number of fused-ring (bicyclic) bond motifs is 1. The summed E-state index contributed by atoms with van der Waals surface area (Å²) in [4.78, 5) is 0. The summed E-state index contributed by atoms with van der Waals surface area (Å²) in [6.07, 6.45) is 2.86. The Morgan fingerprint density at radius 3 is 3.64 bits per heavy atom. The third kappa shape index (κ3) is 1.20. The van der Waals surface area contributed by atoms with Gasteiger partial charge in [0.05, 0.1) is 6.04 Å². The molecule has 0 aromatic carbocycles. The van der Waals surface area contributed by atoms with Crippen molar-refractivity contribution >= 4 is 11.8 Å². The fourth-order valence-corrected chi connectivity index (χ4v) is 2.03. The van der Waals surface area contributed by atoms with Gasteiger partial charge in [-0.2, -0.15) is 0 Å². The molecule has 0 spiro atoms. The highest BCUT2D eigenvalue weighted by Gasteiger charge is 2.16. The number of thioether (sulfide) groups is 1. The van der Waals surface area contributed by atoms with E-state index in [1.165, 1.54) is 0 Å². The molecule has 4 nitrogen and oxygen atoms in total. The normalized spacial score (nSPS) is 22.5. The van der Waals surface area contributed by atoms with E-state index in [9.17, 15) is 0 Å². The molecule has 1 aliphatic rings. The summed E-state index contributed by atoms with van der Waals surface area (Å²) >= 11 is 1.75. The van der Waals surface area contributed by atoms with Crippen molar-refractivity contribution in [3.8, 4) is 0 Å². The molecule has 0 amide bonds. The molecule has 1 unspecified atom stereocenters. The van der Waals surface area contributed by atoms with Gasteiger partial charge >= 0.3 is 0 Å². The number of nitrogens with zero attached hydrogens (tertiary/aromatic N) is 3. The average Bonchev–Trinajstić information content (AvgIpc) is 2.50. The summed E-state index contributed by atoms with van der Waals surface area (Å²) in [5, 5.41) is 8.71. The van der Waals surface area contributed by atoms with E-state index < -0.39 is 0 Å². The number of nitrogens with one attached hydrogen (secondary N) is 1. The first-order valence-electron chi connectivity index (χ1n) is 3.69. The molecule has 1 atom stereocenters. The van der Waals surface area contributed by atoms with Crippen molar-refractivity contribution in [1.82, 2.24) is 14.9 Å². The Hall–Kier alpha value is -0.710. The van der Waals surface area contributed by atoms with Gasteiger partial charge in [0.15, 0.2) is 0 Å². The van der Waals surface area contributed by atoms with Crippen LogP contribution in [0, 0.1) is 0 Å². The lowest BCUT2D eigenvalue weighted by molar-refractivity contribution is 0.619. The summed E-state index contributed by atoms with van der Waals surface area (Å²) in [7, 11) is 0. The fourth-order valence-electron chi connectivity index (χ4n) is 1.03. The standard InChI is InChI=1S/C6H10N4S/c1-2-5-3-11-6-8-7-4-10(6)9-5/h4-5,9H,2-3H2,1H3. The van der Waals surface area contributed by atoms with Crippen LogP contribution in [0.5, 0.6) is 0 Å². The molecule has 1 aromatic heterocycles. The maximum atomic E-state index is 3.94. The predicted molar refractivity (Wildman–Crippen MR) is 44.2 cm³/mol. The maximum absolute atomic E-state index is 3.94. The Bertz CT molecular complexity index is 246. The maximum Gasteiger partial charge on any atom is 0.209 e. The molecule has 60 valence electrons. The van der Waals surface area contributed by atoms with Crippen molar-refractivity contribution in [3.05, 3.63) is 6.33 Å². The highest BCUT2D eigenvalue weighted by atomic mass is 32.2. The van der Waals surface area contributed by atoms with Gasteiger partial charge in [-0.1, -0.05) is 18.7 Å². The van der Waals surface area contributed by atoms with E-state index in [4.69, 9.17) is 0 Å². The van der Waals surface area contributed by atoms with Crippen molar-refractivity contribution in [2.45, 2.75) is 24.5 Å². The zero-order chi connectivity index (χ0) is 7.68. The van der Waals surface area contributed by atoms with Gasteiger partial charge in [0.1, 0.15) is 6.33 Å². The van der Waals surface area contributed by atoms with Gasteiger partial charge in [0.25, 0.3) is 0 Å². The third-order valence-electron chi connectivity index (χ3n) is 1.74. The first-order chi connectivity index (χ1) is 5.40. The van der Waals surface area contributed by atoms with Crippen LogP contribution in [-0.4, -0.2) is 26.7 Å². The lowest BCUT2D eigenvalue weighted by Gasteiger charge is -2.23. The van der Waals surface area contributed by atoms with Gasteiger partial charge in [-0.3, -0.25) is 0 Å². The van der Waals surface area contributed by atoms with Gasteiger partial charge in [0.2, 0.25) is 5.16 Å². The van der Waals surface area contributed by atoms with E-state index in [1.54, 1.807) is 18.1 Å². The number of rotatable bonds is 1. The molecule has 1 aliphatic heterocycles. The van der Waals surface area contributed by atoms with Crippen LogP contribution < -0.4 is 5.43 Å². The van der Waals surface area contributed by atoms with Crippen LogP contribution in [0.25, 0.3) is 0 Å². The highest BCUT2D eigenvalue weighted by molar-refractivity contribution is 7.99. The molecule has 0 radical (unpaired) electrons. The molecule has 5 heteroatoms. The van der Waals surface area contributed by atoms with E-state index in [1.807, 2.05) is 4.68 Å². The Balaban J connectivity index is 2.18. The lowest BCUT2D eigenvalue weighted by atomic mass is 10.3. The Morgan fingerprint density at radius 2 is 2.82 bits per heavy atom. The van der Waals surface area contributed by atoms with Gasteiger partial charge < -0.3 is 5.43 Å². The number of hydrogen-bond donors (Lipinski definition) is 1. The van der Waals surface area contributed by atoms with E-state index >= 15 is 0 Å². The van der Waals surface area contributed by atoms with Crippen molar-refractivity contribution in [2.75, 3.05) is 11.2 Å². The topological polar surface area (TPSA) is 42.7 Å². The molecule has 1 aromatic rings. The molecule has 2 heterocycles. The van der Waals surface area contributed by atoms with Crippen LogP contribution in [0.3, 0.4) is 0 Å². The highest BCUT2D eigenvalue weighted by Crippen LogP contribution is 2.20. The fraction of sp³-hybridized carbons (Fsp3) is 0.667. The first kappa shape index (κ1) is 6.97. The minimum Gasteiger partial charge on any atom is -0.319 e. The molecule has 0 saturated carbocycles. The average molecular weight is 170 g/mol. The second kappa shape index (κ2) is 2.73. The Labute approximate surface area is 69.4 Å². The first-order valence-corrected chi connectivity index (χ1v) is 4.68. The van der Waals surface area contributed by atoms with Crippen LogP contribution in [-0.2, 0) is 0 Å². The molecule has 11 heavy (non-hydrogen) atoms. The predicted octanol–water partition coefficient (Wildman–Crippen LogP) is 0.706. The Morgan fingerprint density at radius 1 is 1.91 bits per heavy atom. The molecule has 0 saturated heterocycles. The van der Waals surface area contributed by atoms with Gasteiger partial charge in [0, 0.05) is 5.75 Å². The zero-order valence-corrected chi connectivity index (χ0v) is 7.14. The van der Waals surface area contributed by atoms with Gasteiger partial charge in [-0.05, 0) is 6.42 Å².